The summed E-state index contributed by atoms with van der Waals surface area (Å²) in [6, 6.07) is 8.40. The Morgan fingerprint density at radius 2 is 2.26 bits per heavy atom. The SMILES string of the molecule is N#Cc1ccc(NCCc2ccsc2)cc1[N+](=O)[O-]. The summed E-state index contributed by atoms with van der Waals surface area (Å²) in [7, 11) is 0. The molecule has 0 aliphatic rings. The maximum atomic E-state index is 10.8. The molecular weight excluding hydrogens is 262 g/mol. The Hall–Kier alpha value is -2.39. The molecule has 0 bridgehead atoms. The standard InChI is InChI=1S/C13H11N3O2S/c14-8-11-1-2-12(7-13(11)16(17)18)15-5-3-10-4-6-19-9-10/h1-2,4,6-7,9,15H,3,5H2. The molecule has 2 aromatic rings. The summed E-state index contributed by atoms with van der Waals surface area (Å²) in [6.45, 7) is 0.694. The molecule has 96 valence electrons. The van der Waals surface area contributed by atoms with Gasteiger partial charge in [0.05, 0.1) is 4.92 Å². The van der Waals surface area contributed by atoms with E-state index in [-0.39, 0.29) is 11.3 Å². The van der Waals surface area contributed by atoms with Gasteiger partial charge in [-0.1, -0.05) is 0 Å². The fraction of sp³-hybridized carbons (Fsp3) is 0.154. The second-order valence-corrected chi connectivity index (χ2v) is 4.69. The average Bonchev–Trinajstić information content (AvgIpc) is 2.91. The van der Waals surface area contributed by atoms with Crippen LogP contribution in [0.25, 0.3) is 0 Å². The first-order valence-corrected chi connectivity index (χ1v) is 6.58. The second kappa shape index (κ2) is 5.98. The van der Waals surface area contributed by atoms with Gasteiger partial charge in [-0.2, -0.15) is 16.6 Å². The zero-order valence-corrected chi connectivity index (χ0v) is 10.8. The van der Waals surface area contributed by atoms with Crippen molar-refractivity contribution in [3.05, 3.63) is 56.3 Å². The smallest absolute Gasteiger partial charge is 0.289 e. The number of nitrogens with one attached hydrogen (secondary N) is 1. The molecule has 1 aromatic carbocycles. The number of thiophene rings is 1. The highest BCUT2D eigenvalue weighted by Gasteiger charge is 2.13. The summed E-state index contributed by atoms with van der Waals surface area (Å²) in [6.07, 6.45) is 0.858. The third-order valence-corrected chi connectivity index (χ3v) is 3.37. The van der Waals surface area contributed by atoms with Gasteiger partial charge in [0.2, 0.25) is 0 Å². The van der Waals surface area contributed by atoms with Crippen molar-refractivity contribution in [3.8, 4) is 6.07 Å². The highest BCUT2D eigenvalue weighted by molar-refractivity contribution is 7.07. The van der Waals surface area contributed by atoms with Crippen LogP contribution in [-0.4, -0.2) is 11.5 Å². The summed E-state index contributed by atoms with van der Waals surface area (Å²) in [5.74, 6) is 0. The molecule has 0 saturated heterocycles. The van der Waals surface area contributed by atoms with Gasteiger partial charge in [0.1, 0.15) is 11.6 Å². The van der Waals surface area contributed by atoms with E-state index in [0.29, 0.717) is 12.2 Å². The summed E-state index contributed by atoms with van der Waals surface area (Å²) >= 11 is 1.64. The minimum atomic E-state index is -0.539. The number of nitrogens with zero attached hydrogens (tertiary/aromatic N) is 2. The van der Waals surface area contributed by atoms with E-state index in [1.807, 2.05) is 17.5 Å². The quantitative estimate of drug-likeness (QED) is 0.670. The Labute approximate surface area is 114 Å². The van der Waals surface area contributed by atoms with Gasteiger partial charge in [0, 0.05) is 18.3 Å². The highest BCUT2D eigenvalue weighted by atomic mass is 32.1. The van der Waals surface area contributed by atoms with Crippen LogP contribution in [0.15, 0.2) is 35.0 Å². The number of rotatable bonds is 5. The number of anilines is 1. The van der Waals surface area contributed by atoms with Gasteiger partial charge in [0.15, 0.2) is 0 Å². The monoisotopic (exact) mass is 273 g/mol. The van der Waals surface area contributed by atoms with Gasteiger partial charge in [0.25, 0.3) is 5.69 Å². The molecule has 19 heavy (non-hydrogen) atoms. The van der Waals surface area contributed by atoms with Crippen molar-refractivity contribution in [1.82, 2.24) is 0 Å². The van der Waals surface area contributed by atoms with E-state index < -0.39 is 4.92 Å². The Balaban J connectivity index is 2.03. The summed E-state index contributed by atoms with van der Waals surface area (Å²) in [5.41, 5.74) is 1.80. The largest absolute Gasteiger partial charge is 0.385 e. The maximum absolute atomic E-state index is 10.8. The molecule has 0 atom stereocenters. The first-order chi connectivity index (χ1) is 9.20. The van der Waals surface area contributed by atoms with Crippen molar-refractivity contribution in [2.75, 3.05) is 11.9 Å². The van der Waals surface area contributed by atoms with Crippen LogP contribution in [0.2, 0.25) is 0 Å². The second-order valence-electron chi connectivity index (χ2n) is 3.91. The predicted octanol–water partition coefficient (Wildman–Crippen LogP) is 3.18. The normalized spacial score (nSPS) is 9.84. The molecule has 6 heteroatoms. The van der Waals surface area contributed by atoms with Gasteiger partial charge in [-0.25, -0.2) is 0 Å². The molecule has 0 unspecified atom stereocenters. The highest BCUT2D eigenvalue weighted by Crippen LogP contribution is 2.22. The third kappa shape index (κ3) is 3.30. The lowest BCUT2D eigenvalue weighted by atomic mass is 10.1. The summed E-state index contributed by atoms with van der Waals surface area (Å²) in [5, 5.41) is 26.8. The summed E-state index contributed by atoms with van der Waals surface area (Å²) in [4.78, 5) is 10.3. The van der Waals surface area contributed by atoms with Gasteiger partial charge < -0.3 is 5.32 Å². The van der Waals surface area contributed by atoms with E-state index in [2.05, 4.69) is 10.7 Å². The molecule has 1 aromatic heterocycles. The Morgan fingerprint density at radius 3 is 2.89 bits per heavy atom. The third-order valence-electron chi connectivity index (χ3n) is 2.64. The zero-order valence-electron chi connectivity index (χ0n) is 10.00. The number of benzene rings is 1. The summed E-state index contributed by atoms with van der Waals surface area (Å²) < 4.78 is 0. The van der Waals surface area contributed by atoms with Crippen LogP contribution >= 0.6 is 11.3 Å². The minimum Gasteiger partial charge on any atom is -0.385 e. The molecule has 0 fully saturated rings. The topological polar surface area (TPSA) is 79.0 Å². The lowest BCUT2D eigenvalue weighted by Gasteiger charge is -2.05. The van der Waals surface area contributed by atoms with Crippen molar-refractivity contribution in [2.45, 2.75) is 6.42 Å². The van der Waals surface area contributed by atoms with E-state index in [1.54, 1.807) is 17.4 Å². The van der Waals surface area contributed by atoms with Crippen LogP contribution in [0.1, 0.15) is 11.1 Å². The molecule has 0 amide bonds. The van der Waals surface area contributed by atoms with Crippen molar-refractivity contribution in [1.29, 1.82) is 5.26 Å². The van der Waals surface area contributed by atoms with Crippen LogP contribution < -0.4 is 5.32 Å². The van der Waals surface area contributed by atoms with Gasteiger partial charge in [-0.05, 0) is 40.9 Å². The van der Waals surface area contributed by atoms with E-state index in [0.717, 1.165) is 6.42 Å². The molecule has 0 radical (unpaired) electrons. The van der Waals surface area contributed by atoms with Crippen molar-refractivity contribution >= 4 is 22.7 Å². The molecule has 0 saturated carbocycles. The Morgan fingerprint density at radius 1 is 1.42 bits per heavy atom. The lowest BCUT2D eigenvalue weighted by molar-refractivity contribution is -0.385. The van der Waals surface area contributed by atoms with E-state index in [9.17, 15) is 10.1 Å². The molecule has 1 N–H and O–H groups in total. The molecule has 0 spiro atoms. The van der Waals surface area contributed by atoms with Gasteiger partial charge >= 0.3 is 0 Å². The molecule has 2 rings (SSSR count). The number of hydrogen-bond donors (Lipinski definition) is 1. The minimum absolute atomic E-state index is 0.0772. The number of nitro groups is 1. The predicted molar refractivity (Wildman–Crippen MR) is 74.3 cm³/mol. The van der Waals surface area contributed by atoms with Crippen molar-refractivity contribution in [3.63, 3.8) is 0 Å². The molecule has 5 nitrogen and oxygen atoms in total. The first-order valence-electron chi connectivity index (χ1n) is 5.64. The first kappa shape index (κ1) is 13.1. The van der Waals surface area contributed by atoms with Gasteiger partial charge in [-0.15, -0.1) is 0 Å². The van der Waals surface area contributed by atoms with E-state index in [1.165, 1.54) is 17.7 Å². The maximum Gasteiger partial charge on any atom is 0.289 e. The van der Waals surface area contributed by atoms with E-state index >= 15 is 0 Å². The molecule has 1 heterocycles. The molecular formula is C13H11N3O2S. The van der Waals surface area contributed by atoms with Crippen LogP contribution in [0.3, 0.4) is 0 Å². The van der Waals surface area contributed by atoms with Crippen molar-refractivity contribution in [2.24, 2.45) is 0 Å². The fourth-order valence-corrected chi connectivity index (χ4v) is 2.38. The van der Waals surface area contributed by atoms with Crippen LogP contribution in [0.4, 0.5) is 11.4 Å². The van der Waals surface area contributed by atoms with Crippen LogP contribution in [0.5, 0.6) is 0 Å². The van der Waals surface area contributed by atoms with Crippen LogP contribution in [-0.2, 0) is 6.42 Å². The van der Waals surface area contributed by atoms with E-state index in [4.69, 9.17) is 5.26 Å². The number of nitriles is 1. The van der Waals surface area contributed by atoms with Gasteiger partial charge in [-0.3, -0.25) is 10.1 Å². The Kier molecular flexibility index (Phi) is 4.11. The number of hydrogen-bond acceptors (Lipinski definition) is 5. The zero-order chi connectivity index (χ0) is 13.7. The lowest BCUT2D eigenvalue weighted by Crippen LogP contribution is -2.05. The fourth-order valence-electron chi connectivity index (χ4n) is 1.67. The average molecular weight is 273 g/mol. The Bertz CT molecular complexity index is 617. The number of nitro benzene ring substituents is 1. The van der Waals surface area contributed by atoms with Crippen molar-refractivity contribution < 1.29 is 4.92 Å². The molecule has 0 aliphatic carbocycles. The molecule has 0 aliphatic heterocycles. The van der Waals surface area contributed by atoms with Crippen LogP contribution in [0, 0.1) is 21.4 Å².